The van der Waals surface area contributed by atoms with Gasteiger partial charge in [-0.1, -0.05) is 12.1 Å². The van der Waals surface area contributed by atoms with E-state index in [9.17, 15) is 0 Å². The summed E-state index contributed by atoms with van der Waals surface area (Å²) in [5.41, 5.74) is 2.16. The highest BCUT2D eigenvalue weighted by Crippen LogP contribution is 2.29. The molecule has 1 aromatic carbocycles. The number of rotatable bonds is 4. The zero-order valence-corrected chi connectivity index (χ0v) is 11.1. The first-order valence-corrected chi connectivity index (χ1v) is 7.08. The van der Waals surface area contributed by atoms with E-state index in [1.807, 2.05) is 18.2 Å². The SMILES string of the molecule is OCCCc1nc2ccccc2n1C1CCCCO1. The van der Waals surface area contributed by atoms with Gasteiger partial charge < -0.3 is 14.4 Å². The molecule has 1 aromatic heterocycles. The molecule has 1 fully saturated rings. The van der Waals surface area contributed by atoms with Gasteiger partial charge in [-0.05, 0) is 37.8 Å². The summed E-state index contributed by atoms with van der Waals surface area (Å²) in [5.74, 6) is 1.03. The summed E-state index contributed by atoms with van der Waals surface area (Å²) in [7, 11) is 0. The van der Waals surface area contributed by atoms with Crippen molar-refractivity contribution in [1.82, 2.24) is 9.55 Å². The highest BCUT2D eigenvalue weighted by Gasteiger charge is 2.21. The maximum atomic E-state index is 9.04. The number of fused-ring (bicyclic) bond motifs is 1. The van der Waals surface area contributed by atoms with Crippen LogP contribution in [0.2, 0.25) is 0 Å². The molecular weight excluding hydrogens is 240 g/mol. The Bertz CT molecular complexity index is 544. The van der Waals surface area contributed by atoms with Crippen LogP contribution in [0.25, 0.3) is 11.0 Å². The van der Waals surface area contributed by atoms with Crippen molar-refractivity contribution >= 4 is 11.0 Å². The first-order chi connectivity index (χ1) is 9.40. The van der Waals surface area contributed by atoms with Gasteiger partial charge in [0.2, 0.25) is 0 Å². The van der Waals surface area contributed by atoms with Gasteiger partial charge in [0.15, 0.2) is 0 Å². The fourth-order valence-corrected chi connectivity index (χ4v) is 2.76. The van der Waals surface area contributed by atoms with E-state index in [4.69, 9.17) is 14.8 Å². The number of imidazole rings is 1. The predicted molar refractivity (Wildman–Crippen MR) is 74.0 cm³/mol. The molecule has 0 amide bonds. The average Bonchev–Trinajstić information content (AvgIpc) is 2.84. The molecule has 1 atom stereocenters. The zero-order valence-electron chi connectivity index (χ0n) is 11.1. The number of hydrogen-bond acceptors (Lipinski definition) is 3. The molecule has 1 saturated heterocycles. The highest BCUT2D eigenvalue weighted by molar-refractivity contribution is 5.76. The van der Waals surface area contributed by atoms with E-state index in [-0.39, 0.29) is 12.8 Å². The molecule has 2 aromatic rings. The third-order valence-electron chi connectivity index (χ3n) is 3.67. The highest BCUT2D eigenvalue weighted by atomic mass is 16.5. The molecule has 1 aliphatic heterocycles. The van der Waals surface area contributed by atoms with Crippen molar-refractivity contribution in [3.8, 4) is 0 Å². The Labute approximate surface area is 113 Å². The number of para-hydroxylation sites is 2. The molecule has 1 N–H and O–H groups in total. The lowest BCUT2D eigenvalue weighted by Gasteiger charge is -2.26. The van der Waals surface area contributed by atoms with Crippen LogP contribution in [0.1, 0.15) is 37.7 Å². The summed E-state index contributed by atoms with van der Waals surface area (Å²) in [4.78, 5) is 4.70. The molecule has 102 valence electrons. The number of hydrogen-bond donors (Lipinski definition) is 1. The van der Waals surface area contributed by atoms with Crippen molar-refractivity contribution in [3.05, 3.63) is 30.1 Å². The Morgan fingerprint density at radius 1 is 1.32 bits per heavy atom. The Morgan fingerprint density at radius 3 is 3.00 bits per heavy atom. The van der Waals surface area contributed by atoms with Crippen LogP contribution < -0.4 is 0 Å². The van der Waals surface area contributed by atoms with E-state index < -0.39 is 0 Å². The Balaban J connectivity index is 2.01. The van der Waals surface area contributed by atoms with Crippen LogP contribution in [0.5, 0.6) is 0 Å². The molecule has 0 saturated carbocycles. The second-order valence-corrected chi connectivity index (χ2v) is 5.04. The molecule has 4 nitrogen and oxygen atoms in total. The lowest BCUT2D eigenvalue weighted by molar-refractivity contribution is -0.0311. The summed E-state index contributed by atoms with van der Waals surface area (Å²) < 4.78 is 8.14. The van der Waals surface area contributed by atoms with Crippen LogP contribution >= 0.6 is 0 Å². The largest absolute Gasteiger partial charge is 0.396 e. The van der Waals surface area contributed by atoms with Gasteiger partial charge in [-0.15, -0.1) is 0 Å². The second kappa shape index (κ2) is 5.72. The summed E-state index contributed by atoms with van der Waals surface area (Å²) >= 11 is 0. The Hall–Kier alpha value is -1.39. The summed E-state index contributed by atoms with van der Waals surface area (Å²) in [6.45, 7) is 1.03. The molecular formula is C15H20N2O2. The number of aliphatic hydroxyl groups is 1. The van der Waals surface area contributed by atoms with Gasteiger partial charge in [0.1, 0.15) is 12.1 Å². The van der Waals surface area contributed by atoms with Gasteiger partial charge >= 0.3 is 0 Å². The maximum absolute atomic E-state index is 9.04. The van der Waals surface area contributed by atoms with Gasteiger partial charge in [0.25, 0.3) is 0 Å². The fraction of sp³-hybridized carbons (Fsp3) is 0.533. The monoisotopic (exact) mass is 260 g/mol. The molecule has 0 bridgehead atoms. The van der Waals surface area contributed by atoms with Crippen molar-refractivity contribution < 1.29 is 9.84 Å². The Kier molecular flexibility index (Phi) is 3.80. The molecule has 4 heteroatoms. The number of benzene rings is 1. The second-order valence-electron chi connectivity index (χ2n) is 5.04. The topological polar surface area (TPSA) is 47.3 Å². The van der Waals surface area contributed by atoms with Gasteiger partial charge in [0.05, 0.1) is 11.0 Å². The van der Waals surface area contributed by atoms with Gasteiger partial charge in [-0.25, -0.2) is 4.98 Å². The van der Waals surface area contributed by atoms with Crippen LogP contribution in [-0.2, 0) is 11.2 Å². The van der Waals surface area contributed by atoms with E-state index in [1.54, 1.807) is 0 Å². The van der Waals surface area contributed by atoms with Crippen LogP contribution in [0.4, 0.5) is 0 Å². The van der Waals surface area contributed by atoms with E-state index in [0.29, 0.717) is 0 Å². The van der Waals surface area contributed by atoms with Crippen molar-refractivity contribution in [2.24, 2.45) is 0 Å². The first-order valence-electron chi connectivity index (χ1n) is 7.08. The molecule has 1 aliphatic rings. The zero-order chi connectivity index (χ0) is 13.1. The summed E-state index contributed by atoms with van der Waals surface area (Å²) in [6, 6.07) is 8.19. The minimum Gasteiger partial charge on any atom is -0.396 e. The number of aryl methyl sites for hydroxylation is 1. The predicted octanol–water partition coefficient (Wildman–Crippen LogP) is 2.66. The van der Waals surface area contributed by atoms with Gasteiger partial charge in [-0.3, -0.25) is 0 Å². The number of aliphatic hydroxyl groups excluding tert-OH is 1. The van der Waals surface area contributed by atoms with Crippen LogP contribution in [0.3, 0.4) is 0 Å². The quantitative estimate of drug-likeness (QED) is 0.919. The van der Waals surface area contributed by atoms with E-state index in [2.05, 4.69) is 10.6 Å². The standard InChI is InChI=1S/C15H20N2O2/c18-10-5-8-14-16-12-6-1-2-7-13(12)17(14)15-9-3-4-11-19-15/h1-2,6-7,15,18H,3-5,8-11H2. The lowest BCUT2D eigenvalue weighted by atomic mass is 10.1. The third kappa shape index (κ3) is 2.51. The molecule has 19 heavy (non-hydrogen) atoms. The third-order valence-corrected chi connectivity index (χ3v) is 3.67. The minimum atomic E-state index is 0.106. The molecule has 0 aliphatic carbocycles. The van der Waals surface area contributed by atoms with Crippen LogP contribution in [-0.4, -0.2) is 27.9 Å². The lowest BCUT2D eigenvalue weighted by Crippen LogP contribution is -2.20. The van der Waals surface area contributed by atoms with Crippen molar-refractivity contribution in [3.63, 3.8) is 0 Å². The fourth-order valence-electron chi connectivity index (χ4n) is 2.76. The normalized spacial score (nSPS) is 19.9. The van der Waals surface area contributed by atoms with Crippen LogP contribution in [0, 0.1) is 0 Å². The van der Waals surface area contributed by atoms with E-state index in [0.717, 1.165) is 49.1 Å². The number of aromatic nitrogens is 2. The van der Waals surface area contributed by atoms with Crippen molar-refractivity contribution in [2.75, 3.05) is 13.2 Å². The molecule has 3 rings (SSSR count). The van der Waals surface area contributed by atoms with Gasteiger partial charge in [-0.2, -0.15) is 0 Å². The van der Waals surface area contributed by atoms with Gasteiger partial charge in [0, 0.05) is 19.6 Å². The average molecular weight is 260 g/mol. The van der Waals surface area contributed by atoms with E-state index >= 15 is 0 Å². The summed E-state index contributed by atoms with van der Waals surface area (Å²) in [5, 5.41) is 9.04. The molecule has 0 spiro atoms. The minimum absolute atomic E-state index is 0.106. The smallest absolute Gasteiger partial charge is 0.135 e. The Morgan fingerprint density at radius 2 is 2.21 bits per heavy atom. The van der Waals surface area contributed by atoms with Crippen molar-refractivity contribution in [1.29, 1.82) is 0 Å². The maximum Gasteiger partial charge on any atom is 0.135 e. The van der Waals surface area contributed by atoms with Crippen LogP contribution in [0.15, 0.2) is 24.3 Å². The summed E-state index contributed by atoms with van der Waals surface area (Å²) in [6.07, 6.45) is 5.05. The van der Waals surface area contributed by atoms with Crippen molar-refractivity contribution in [2.45, 2.75) is 38.3 Å². The number of ether oxygens (including phenoxy) is 1. The first kappa shape index (κ1) is 12.6. The molecule has 0 radical (unpaired) electrons. The number of nitrogens with zero attached hydrogens (tertiary/aromatic N) is 2. The van der Waals surface area contributed by atoms with E-state index in [1.165, 1.54) is 6.42 Å². The molecule has 2 heterocycles. The molecule has 1 unspecified atom stereocenters.